The highest BCUT2D eigenvalue weighted by Crippen LogP contribution is 2.23. The molecule has 0 aromatic carbocycles. The summed E-state index contributed by atoms with van der Waals surface area (Å²) < 4.78 is 43.2. The van der Waals surface area contributed by atoms with Crippen LogP contribution >= 0.6 is 0 Å². The number of nitrogens with zero attached hydrogens (tertiary/aromatic N) is 2. The van der Waals surface area contributed by atoms with Gasteiger partial charge in [0.25, 0.3) is 0 Å². The fourth-order valence-corrected chi connectivity index (χ4v) is 2.64. The highest BCUT2D eigenvalue weighted by Gasteiger charge is 2.39. The van der Waals surface area contributed by atoms with Crippen LogP contribution in [0.2, 0.25) is 0 Å². The molecule has 0 saturated carbocycles. The maximum Gasteiger partial charge on any atom is 0.406 e. The Morgan fingerprint density at radius 2 is 1.73 bits per heavy atom. The lowest BCUT2D eigenvalue weighted by molar-refractivity contribution is -0.170. The van der Waals surface area contributed by atoms with Crippen LogP contribution < -0.4 is 0 Å². The van der Waals surface area contributed by atoms with Crippen molar-refractivity contribution in [2.24, 2.45) is 0 Å². The monoisotopic (exact) mass is 322 g/mol. The van der Waals surface area contributed by atoms with Crippen LogP contribution in [0, 0.1) is 0 Å². The summed E-state index contributed by atoms with van der Waals surface area (Å²) in [5, 5.41) is 0. The molecule has 0 N–H and O–H groups in total. The van der Waals surface area contributed by atoms with E-state index in [-0.39, 0.29) is 26.1 Å². The molecule has 3 amide bonds. The van der Waals surface area contributed by atoms with Crippen LogP contribution in [-0.2, 0) is 19.1 Å². The molecule has 0 aromatic rings. The van der Waals surface area contributed by atoms with Crippen LogP contribution in [-0.4, -0.2) is 66.0 Å². The molecular weight excluding hydrogens is 305 g/mol. The van der Waals surface area contributed by atoms with Gasteiger partial charge in [0.2, 0.25) is 17.7 Å². The number of ether oxygens (including phenoxy) is 1. The summed E-state index contributed by atoms with van der Waals surface area (Å²) in [6.45, 7) is -1.43. The molecule has 2 rings (SSSR count). The van der Waals surface area contributed by atoms with Crippen LogP contribution in [0.1, 0.15) is 25.7 Å². The molecule has 0 bridgehead atoms. The number of likely N-dealkylation sites (tertiary alicyclic amines) is 1. The lowest BCUT2D eigenvalue weighted by Crippen LogP contribution is -2.51. The topological polar surface area (TPSA) is 66.9 Å². The molecule has 22 heavy (non-hydrogen) atoms. The van der Waals surface area contributed by atoms with Crippen LogP contribution in [0.25, 0.3) is 0 Å². The minimum Gasteiger partial charge on any atom is -0.381 e. The first-order chi connectivity index (χ1) is 10.3. The first kappa shape index (κ1) is 16.7. The Bertz CT molecular complexity index is 445. The molecule has 9 heteroatoms. The number of amides is 3. The molecule has 6 nitrogen and oxygen atoms in total. The number of rotatable bonds is 4. The summed E-state index contributed by atoms with van der Waals surface area (Å²) in [7, 11) is 0. The Labute approximate surface area is 125 Å². The maximum absolute atomic E-state index is 12.7. The SMILES string of the molecule is O=C1CCC(=O)N1CC(=O)N(CC(F)(F)F)C1CCOCC1. The van der Waals surface area contributed by atoms with E-state index in [1.807, 2.05) is 0 Å². The van der Waals surface area contributed by atoms with Crippen molar-refractivity contribution in [2.75, 3.05) is 26.3 Å². The standard InChI is InChI=1S/C13H17F3N2O4/c14-13(15,16)8-18(9-3-5-22-6-4-9)12(21)7-17-10(19)1-2-11(17)20/h9H,1-8H2. The highest BCUT2D eigenvalue weighted by atomic mass is 19.4. The van der Waals surface area contributed by atoms with Gasteiger partial charge in [0.15, 0.2) is 0 Å². The van der Waals surface area contributed by atoms with Gasteiger partial charge in [-0.15, -0.1) is 0 Å². The molecule has 0 spiro atoms. The van der Waals surface area contributed by atoms with Crippen molar-refractivity contribution in [3.8, 4) is 0 Å². The van der Waals surface area contributed by atoms with Gasteiger partial charge in [-0.05, 0) is 12.8 Å². The van der Waals surface area contributed by atoms with Crippen molar-refractivity contribution >= 4 is 17.7 Å². The zero-order valence-electron chi connectivity index (χ0n) is 11.9. The van der Waals surface area contributed by atoms with E-state index < -0.39 is 43.0 Å². The van der Waals surface area contributed by atoms with Gasteiger partial charge in [-0.25, -0.2) is 0 Å². The number of carbonyl (C=O) groups excluding carboxylic acids is 3. The van der Waals surface area contributed by atoms with E-state index in [1.54, 1.807) is 0 Å². The molecule has 0 unspecified atom stereocenters. The minimum absolute atomic E-state index is 0.00263. The van der Waals surface area contributed by atoms with Crippen LogP contribution in [0.15, 0.2) is 0 Å². The molecule has 0 aromatic heterocycles. The van der Waals surface area contributed by atoms with Crippen LogP contribution in [0.5, 0.6) is 0 Å². The first-order valence-corrected chi connectivity index (χ1v) is 7.05. The predicted octanol–water partition coefficient (Wildman–Crippen LogP) is 0.705. The Morgan fingerprint density at radius 1 is 1.18 bits per heavy atom. The Morgan fingerprint density at radius 3 is 2.23 bits per heavy atom. The van der Waals surface area contributed by atoms with E-state index in [1.165, 1.54) is 0 Å². The summed E-state index contributed by atoms with van der Waals surface area (Å²) in [5.74, 6) is -1.89. The maximum atomic E-state index is 12.7. The summed E-state index contributed by atoms with van der Waals surface area (Å²) in [5.41, 5.74) is 0. The molecule has 0 atom stereocenters. The van der Waals surface area contributed by atoms with Crippen LogP contribution in [0.4, 0.5) is 13.2 Å². The third-order valence-electron chi connectivity index (χ3n) is 3.75. The Balaban J connectivity index is 2.07. The van der Waals surface area contributed by atoms with E-state index in [2.05, 4.69) is 0 Å². The third-order valence-corrected chi connectivity index (χ3v) is 3.75. The van der Waals surface area contributed by atoms with Gasteiger partial charge >= 0.3 is 6.18 Å². The van der Waals surface area contributed by atoms with E-state index in [9.17, 15) is 27.6 Å². The molecular formula is C13H17F3N2O4. The lowest BCUT2D eigenvalue weighted by Gasteiger charge is -2.35. The summed E-state index contributed by atoms with van der Waals surface area (Å²) in [6.07, 6.45) is -3.91. The van der Waals surface area contributed by atoms with Crippen molar-refractivity contribution in [3.63, 3.8) is 0 Å². The van der Waals surface area contributed by atoms with Gasteiger partial charge in [0.1, 0.15) is 13.1 Å². The van der Waals surface area contributed by atoms with Gasteiger partial charge < -0.3 is 9.64 Å². The fourth-order valence-electron chi connectivity index (χ4n) is 2.64. The normalized spacial score (nSPS) is 20.6. The van der Waals surface area contributed by atoms with Gasteiger partial charge in [0.05, 0.1) is 0 Å². The largest absolute Gasteiger partial charge is 0.406 e. The van der Waals surface area contributed by atoms with Gasteiger partial charge in [-0.3, -0.25) is 19.3 Å². The number of hydrogen-bond acceptors (Lipinski definition) is 4. The van der Waals surface area contributed by atoms with Gasteiger partial charge in [-0.2, -0.15) is 13.2 Å². The Kier molecular flexibility index (Phi) is 5.05. The van der Waals surface area contributed by atoms with Crippen molar-refractivity contribution in [2.45, 2.75) is 37.9 Å². The van der Waals surface area contributed by atoms with Crippen molar-refractivity contribution < 1.29 is 32.3 Å². The minimum atomic E-state index is -4.53. The zero-order valence-corrected chi connectivity index (χ0v) is 11.9. The quantitative estimate of drug-likeness (QED) is 0.715. The third kappa shape index (κ3) is 4.19. The molecule has 2 fully saturated rings. The van der Waals surface area contributed by atoms with Crippen molar-refractivity contribution in [1.82, 2.24) is 9.80 Å². The summed E-state index contributed by atoms with van der Waals surface area (Å²) in [6, 6.07) is -0.587. The second-order valence-electron chi connectivity index (χ2n) is 5.35. The second kappa shape index (κ2) is 6.64. The summed E-state index contributed by atoms with van der Waals surface area (Å²) in [4.78, 5) is 36.7. The molecule has 2 aliphatic heterocycles. The lowest BCUT2D eigenvalue weighted by atomic mass is 10.1. The summed E-state index contributed by atoms with van der Waals surface area (Å²) >= 11 is 0. The van der Waals surface area contributed by atoms with Gasteiger partial charge in [-0.1, -0.05) is 0 Å². The van der Waals surface area contributed by atoms with Crippen molar-refractivity contribution in [1.29, 1.82) is 0 Å². The molecule has 2 heterocycles. The van der Waals surface area contributed by atoms with E-state index >= 15 is 0 Å². The average Bonchev–Trinajstić information content (AvgIpc) is 2.76. The molecule has 0 aliphatic carbocycles. The molecule has 0 radical (unpaired) electrons. The number of alkyl halides is 3. The van der Waals surface area contributed by atoms with E-state index in [4.69, 9.17) is 4.74 Å². The first-order valence-electron chi connectivity index (χ1n) is 7.05. The van der Waals surface area contributed by atoms with Gasteiger partial charge in [0, 0.05) is 32.1 Å². The molecule has 2 aliphatic rings. The van der Waals surface area contributed by atoms with Crippen LogP contribution in [0.3, 0.4) is 0 Å². The van der Waals surface area contributed by atoms with E-state index in [0.717, 1.165) is 9.80 Å². The Hall–Kier alpha value is -1.64. The average molecular weight is 322 g/mol. The number of halogens is 3. The fraction of sp³-hybridized carbons (Fsp3) is 0.769. The van der Waals surface area contributed by atoms with E-state index in [0.29, 0.717) is 12.8 Å². The number of hydrogen-bond donors (Lipinski definition) is 0. The smallest absolute Gasteiger partial charge is 0.381 e. The number of imide groups is 1. The molecule has 124 valence electrons. The zero-order chi connectivity index (χ0) is 16.3. The number of carbonyl (C=O) groups is 3. The second-order valence-corrected chi connectivity index (χ2v) is 5.35. The highest BCUT2D eigenvalue weighted by molar-refractivity contribution is 6.04. The molecule has 2 saturated heterocycles. The predicted molar refractivity (Wildman–Crippen MR) is 67.6 cm³/mol. The van der Waals surface area contributed by atoms with Crippen molar-refractivity contribution in [3.05, 3.63) is 0 Å².